The summed E-state index contributed by atoms with van der Waals surface area (Å²) >= 11 is 3.84. The predicted molar refractivity (Wildman–Crippen MR) is 47.4 cm³/mol. The van der Waals surface area contributed by atoms with Gasteiger partial charge in [0.1, 0.15) is 0 Å². The van der Waals surface area contributed by atoms with Crippen molar-refractivity contribution in [3.63, 3.8) is 0 Å². The summed E-state index contributed by atoms with van der Waals surface area (Å²) in [7, 11) is 0. The normalized spacial score (nSPS) is 6.50. The second-order valence-corrected chi connectivity index (χ2v) is 5.01. The lowest BCUT2D eigenvalue weighted by Crippen LogP contribution is -1.91. The molecule has 0 unspecified atom stereocenters. The summed E-state index contributed by atoms with van der Waals surface area (Å²) in [4.78, 5) is 3.72. The first-order valence-corrected chi connectivity index (χ1v) is 3.35. The quantitative estimate of drug-likeness (QED) is 0.323. The van der Waals surface area contributed by atoms with E-state index in [9.17, 15) is 0 Å². The summed E-state index contributed by atoms with van der Waals surface area (Å²) in [5, 5.41) is 7.63. The smallest absolute Gasteiger partial charge is 0.278 e. The molecule has 6 heteroatoms. The molecule has 0 saturated heterocycles. The van der Waals surface area contributed by atoms with E-state index in [1.165, 1.54) is 0 Å². The van der Waals surface area contributed by atoms with Gasteiger partial charge in [0, 0.05) is 0 Å². The summed E-state index contributed by atoms with van der Waals surface area (Å²) < 4.78 is -0.120. The van der Waals surface area contributed by atoms with E-state index in [4.69, 9.17) is 5.26 Å². The Bertz CT molecular complexity index is 23.5. The average molecular weight is 311 g/mol. The van der Waals surface area contributed by atoms with Crippen molar-refractivity contribution >= 4 is 55.8 Å². The third kappa shape index (κ3) is 9.10. The van der Waals surface area contributed by atoms with Gasteiger partial charge in [-0.1, -0.05) is 44.7 Å². The van der Waals surface area contributed by atoms with Gasteiger partial charge in [-0.15, -0.1) is 0 Å². The van der Waals surface area contributed by atoms with Crippen LogP contribution in [0.1, 0.15) is 0 Å². The Kier molecular flexibility index (Phi) is 11.4. The zero-order valence-corrected chi connectivity index (χ0v) is 6.50. The van der Waals surface area contributed by atoms with Crippen LogP contribution < -0.4 is 0 Å². The lowest BCUT2D eigenvalue weighted by Gasteiger charge is -1.81. The second kappa shape index (κ2) is 6.51. The van der Waals surface area contributed by atoms with Gasteiger partial charge in [0.15, 0.2) is 0 Å². The zero-order chi connectivity index (χ0) is 4.28. The van der Waals surface area contributed by atoms with Crippen LogP contribution in [0.4, 0.5) is 0 Å². The van der Waals surface area contributed by atoms with E-state index < -0.39 is 0 Å². The van der Waals surface area contributed by atoms with Gasteiger partial charge in [0.05, 0.1) is 8.41 Å². The van der Waals surface area contributed by atoms with Crippen LogP contribution in [0.25, 0.3) is 0 Å². The van der Waals surface area contributed by atoms with Gasteiger partial charge in [-0.3, -0.25) is 10.1 Å². The molecule has 0 aliphatic heterocycles. The van der Waals surface area contributed by atoms with Crippen molar-refractivity contribution in [3.8, 4) is 0 Å². The number of rotatable bonds is 1. The highest BCUT2D eigenvalue weighted by Gasteiger charge is 1.99. The Labute approximate surface area is 65.4 Å². The molecule has 1 N–H and O–H groups in total. The highest BCUT2D eigenvalue weighted by atomic mass is 127. The van der Waals surface area contributed by atoms with Crippen molar-refractivity contribution in [1.82, 2.24) is 0 Å². The van der Waals surface area contributed by atoms with Crippen molar-refractivity contribution in [2.24, 2.45) is 0 Å². The van der Waals surface area contributed by atoms with Crippen LogP contribution in [0.2, 0.25) is 0 Å². The largest absolute Gasteiger partial charge is 0.474 e. The molecular formula is H4B2I2O2. The van der Waals surface area contributed by atoms with Crippen molar-refractivity contribution in [2.75, 3.05) is 0 Å². The minimum absolute atomic E-state index is 0. The summed E-state index contributed by atoms with van der Waals surface area (Å²) in [6.45, 7) is 0. The first kappa shape index (κ1) is 10.5. The molecule has 2 nitrogen and oxygen atoms in total. The van der Waals surface area contributed by atoms with Gasteiger partial charge >= 0.3 is 2.63 Å². The van der Waals surface area contributed by atoms with Crippen molar-refractivity contribution in [1.29, 1.82) is 0 Å². The fourth-order valence-electron chi connectivity index (χ4n) is 0. The molecule has 0 aliphatic carbocycles. The molecule has 36 valence electrons. The Morgan fingerprint density at radius 2 is 1.67 bits per heavy atom. The van der Waals surface area contributed by atoms with E-state index in [-0.39, 0.29) is 11.0 Å². The summed E-state index contributed by atoms with van der Waals surface area (Å²) in [5.41, 5.74) is 0. The Morgan fingerprint density at radius 1 is 1.50 bits per heavy atom. The predicted octanol–water partition coefficient (Wildman–Crippen LogP) is 0.147. The molecule has 0 rings (SSSR count). The van der Waals surface area contributed by atoms with E-state index >= 15 is 0 Å². The Morgan fingerprint density at radius 3 is 1.67 bits per heavy atom. The standard InChI is InChI=1S/BHI2O2.BH3/c2-1(3)5-4;/h4H;1H3. The van der Waals surface area contributed by atoms with Crippen LogP contribution in [0.15, 0.2) is 0 Å². The number of halogens is 2. The van der Waals surface area contributed by atoms with Gasteiger partial charge in [0.25, 0.3) is 0 Å². The number of hydrogen-bond donors (Lipinski definition) is 1. The van der Waals surface area contributed by atoms with E-state index in [0.29, 0.717) is 0 Å². The van der Waals surface area contributed by atoms with Crippen molar-refractivity contribution in [3.05, 3.63) is 0 Å². The van der Waals surface area contributed by atoms with Gasteiger partial charge in [-0.25, -0.2) is 0 Å². The SMILES string of the molecule is B.OOB(I)I. The fourth-order valence-corrected chi connectivity index (χ4v) is 0. The van der Waals surface area contributed by atoms with Crippen LogP contribution in [-0.4, -0.2) is 16.3 Å². The van der Waals surface area contributed by atoms with Gasteiger partial charge in [-0.05, 0) is 0 Å². The van der Waals surface area contributed by atoms with E-state index in [2.05, 4.69) is 4.81 Å². The zero-order valence-electron chi connectivity index (χ0n) is 2.19. The molecule has 0 aromatic rings. The van der Waals surface area contributed by atoms with Gasteiger partial charge in [0.2, 0.25) is 0 Å². The van der Waals surface area contributed by atoms with Crippen LogP contribution in [0.3, 0.4) is 0 Å². The highest BCUT2D eigenvalue weighted by molar-refractivity contribution is 14.3. The monoisotopic (exact) mass is 312 g/mol. The Hall–Kier alpha value is 1.51. The van der Waals surface area contributed by atoms with E-state index in [0.717, 1.165) is 0 Å². The highest BCUT2D eigenvalue weighted by Crippen LogP contribution is 2.01. The topological polar surface area (TPSA) is 29.5 Å². The second-order valence-electron chi connectivity index (χ2n) is 0.366. The van der Waals surface area contributed by atoms with Crippen LogP contribution in [0.5, 0.6) is 0 Å². The van der Waals surface area contributed by atoms with E-state index in [1.54, 1.807) is 0 Å². The van der Waals surface area contributed by atoms with Gasteiger partial charge in [-0.2, -0.15) is 0 Å². The maximum atomic E-state index is 7.63. The average Bonchev–Trinajstić information content (AvgIpc) is 1.38. The molecule has 0 radical (unpaired) electrons. The first-order chi connectivity index (χ1) is 2.27. The van der Waals surface area contributed by atoms with Crippen LogP contribution in [-0.2, 0) is 4.81 Å². The summed E-state index contributed by atoms with van der Waals surface area (Å²) in [5.74, 6) is 0. The maximum absolute atomic E-state index is 7.63. The molecule has 0 aromatic heterocycles. The van der Waals surface area contributed by atoms with Crippen molar-refractivity contribution in [2.45, 2.75) is 0 Å². The molecule has 0 heterocycles. The van der Waals surface area contributed by atoms with Crippen LogP contribution in [0, 0.1) is 0 Å². The van der Waals surface area contributed by atoms with Crippen molar-refractivity contribution < 1.29 is 10.1 Å². The molecular weight excluding hydrogens is 307 g/mol. The maximum Gasteiger partial charge on any atom is 0.474 e. The summed E-state index contributed by atoms with van der Waals surface area (Å²) in [6.07, 6.45) is 0. The van der Waals surface area contributed by atoms with E-state index in [1.807, 2.05) is 44.7 Å². The molecule has 0 spiro atoms. The molecule has 0 aliphatic rings. The lowest BCUT2D eigenvalue weighted by atomic mass is 10.6. The minimum atomic E-state index is -0.120. The minimum Gasteiger partial charge on any atom is -0.278 e. The summed E-state index contributed by atoms with van der Waals surface area (Å²) in [6, 6.07) is 0. The first-order valence-electron chi connectivity index (χ1n) is 0.855. The number of hydrogen-bond acceptors (Lipinski definition) is 2. The third-order valence-corrected chi connectivity index (χ3v) is 0.535. The molecule has 0 fully saturated rings. The fraction of sp³-hybridized carbons (Fsp3) is 0. The molecule has 0 aromatic carbocycles. The third-order valence-electron chi connectivity index (χ3n) is 0.0797. The Balaban J connectivity index is 0. The van der Waals surface area contributed by atoms with Gasteiger partial charge < -0.3 is 0 Å². The molecule has 0 amide bonds. The lowest BCUT2D eigenvalue weighted by molar-refractivity contribution is -0.133. The molecule has 6 heavy (non-hydrogen) atoms. The molecule has 0 saturated carbocycles. The molecule has 0 atom stereocenters. The van der Waals surface area contributed by atoms with Crippen LogP contribution >= 0.6 is 44.7 Å². The molecule has 0 bridgehead atoms.